The Balaban J connectivity index is 0.00000420. The van der Waals surface area contributed by atoms with Gasteiger partial charge in [-0.2, -0.15) is 5.10 Å². The first-order valence-electron chi connectivity index (χ1n) is 10.0. The molecule has 6 nitrogen and oxygen atoms in total. The summed E-state index contributed by atoms with van der Waals surface area (Å²) in [6.07, 6.45) is 1.89. The lowest BCUT2D eigenvalue weighted by atomic mass is 10.1. The average molecular weight is 513 g/mol. The van der Waals surface area contributed by atoms with Gasteiger partial charge in [0.25, 0.3) is 0 Å². The topological polar surface area (TPSA) is 63.5 Å². The summed E-state index contributed by atoms with van der Waals surface area (Å²) < 4.78 is 8.07. The van der Waals surface area contributed by atoms with Crippen molar-refractivity contribution in [2.24, 2.45) is 12.0 Å². The first-order valence-corrected chi connectivity index (χ1v) is 10.0. The van der Waals surface area contributed by atoms with Crippen molar-refractivity contribution in [3.05, 3.63) is 46.8 Å². The van der Waals surface area contributed by atoms with E-state index in [0.717, 1.165) is 35.8 Å². The van der Waals surface area contributed by atoms with E-state index in [1.165, 1.54) is 11.3 Å². The Morgan fingerprint density at radius 3 is 2.34 bits per heavy atom. The van der Waals surface area contributed by atoms with E-state index in [1.807, 2.05) is 29.9 Å². The number of ether oxygens (including phenoxy) is 1. The highest BCUT2D eigenvalue weighted by molar-refractivity contribution is 14.0. The van der Waals surface area contributed by atoms with Gasteiger partial charge in [-0.25, -0.2) is 0 Å². The largest absolute Gasteiger partial charge is 0.488 e. The highest BCUT2D eigenvalue weighted by Gasteiger charge is 2.16. The summed E-state index contributed by atoms with van der Waals surface area (Å²) in [7, 11) is 3.80. The number of rotatable bonds is 7. The van der Waals surface area contributed by atoms with Crippen LogP contribution < -0.4 is 15.4 Å². The number of halogens is 1. The third-order valence-electron chi connectivity index (χ3n) is 4.52. The van der Waals surface area contributed by atoms with E-state index >= 15 is 0 Å². The van der Waals surface area contributed by atoms with E-state index in [9.17, 15) is 0 Å². The third-order valence-corrected chi connectivity index (χ3v) is 4.52. The quantitative estimate of drug-likeness (QED) is 0.331. The third kappa shape index (κ3) is 7.21. The summed E-state index contributed by atoms with van der Waals surface area (Å²) in [6, 6.07) is 8.11. The second kappa shape index (κ2) is 11.4. The fourth-order valence-electron chi connectivity index (χ4n) is 3.25. The Kier molecular flexibility index (Phi) is 9.95. The predicted molar refractivity (Wildman–Crippen MR) is 131 cm³/mol. The van der Waals surface area contributed by atoms with Gasteiger partial charge in [0.05, 0.1) is 5.69 Å². The Morgan fingerprint density at radius 1 is 1.10 bits per heavy atom. The Hall–Kier alpha value is -1.77. The number of aromatic nitrogens is 2. The lowest BCUT2D eigenvalue weighted by Gasteiger charge is -2.23. The number of guanidine groups is 1. The first kappa shape index (κ1) is 25.3. The van der Waals surface area contributed by atoms with E-state index in [0.29, 0.717) is 13.1 Å². The fraction of sp³-hybridized carbons (Fsp3) is 0.545. The van der Waals surface area contributed by atoms with Crippen LogP contribution >= 0.6 is 24.0 Å². The van der Waals surface area contributed by atoms with Gasteiger partial charge in [-0.3, -0.25) is 9.67 Å². The van der Waals surface area contributed by atoms with Gasteiger partial charge < -0.3 is 15.4 Å². The van der Waals surface area contributed by atoms with Crippen LogP contribution in [0, 0.1) is 0 Å². The molecule has 0 atom stereocenters. The zero-order valence-corrected chi connectivity index (χ0v) is 21.1. The van der Waals surface area contributed by atoms with Crippen LogP contribution in [0.3, 0.4) is 0 Å². The van der Waals surface area contributed by atoms with Gasteiger partial charge >= 0.3 is 0 Å². The minimum atomic E-state index is -0.233. The normalized spacial score (nSPS) is 11.8. The number of benzene rings is 1. The molecule has 2 aromatic rings. The molecule has 0 unspecified atom stereocenters. The van der Waals surface area contributed by atoms with Gasteiger partial charge in [0.15, 0.2) is 5.96 Å². The Morgan fingerprint density at radius 2 is 1.76 bits per heavy atom. The molecular formula is C22H36IN5O. The molecule has 2 rings (SSSR count). The smallest absolute Gasteiger partial charge is 0.191 e. The van der Waals surface area contributed by atoms with E-state index in [1.54, 1.807) is 7.05 Å². The van der Waals surface area contributed by atoms with E-state index in [-0.39, 0.29) is 29.6 Å². The second-order valence-electron chi connectivity index (χ2n) is 7.80. The standard InChI is InChI=1S/C22H35N5O.HI/c1-8-18-17(19(9-2)27(7)26-18)15-25-21(23-6)24-14-16-12-10-11-13-20(16)28-22(3,4)5;/h10-13H,8-9,14-15H2,1-7H3,(H2,23,24,25);1H. The molecule has 0 aliphatic carbocycles. The Labute approximate surface area is 192 Å². The zero-order valence-electron chi connectivity index (χ0n) is 18.8. The maximum Gasteiger partial charge on any atom is 0.191 e. The summed E-state index contributed by atoms with van der Waals surface area (Å²) in [5.74, 6) is 1.66. The fourth-order valence-corrected chi connectivity index (χ4v) is 3.25. The predicted octanol–water partition coefficient (Wildman–Crippen LogP) is 4.21. The zero-order chi connectivity index (χ0) is 20.7. The van der Waals surface area contributed by atoms with Crippen LogP contribution in [-0.2, 0) is 33.0 Å². The molecule has 0 bridgehead atoms. The maximum atomic E-state index is 6.08. The monoisotopic (exact) mass is 513 g/mol. The van der Waals surface area contributed by atoms with Crippen molar-refractivity contribution in [2.45, 2.75) is 66.2 Å². The van der Waals surface area contributed by atoms with Crippen LogP contribution in [0.5, 0.6) is 5.75 Å². The van der Waals surface area contributed by atoms with Crippen molar-refractivity contribution >= 4 is 29.9 Å². The van der Waals surface area contributed by atoms with Gasteiger partial charge in [-0.15, -0.1) is 24.0 Å². The van der Waals surface area contributed by atoms with Crippen LogP contribution in [0.1, 0.15) is 57.1 Å². The van der Waals surface area contributed by atoms with E-state index in [4.69, 9.17) is 4.74 Å². The molecule has 0 aliphatic rings. The highest BCUT2D eigenvalue weighted by Crippen LogP contribution is 2.22. The molecule has 29 heavy (non-hydrogen) atoms. The molecule has 0 amide bonds. The van der Waals surface area contributed by atoms with E-state index < -0.39 is 0 Å². The lowest BCUT2D eigenvalue weighted by Crippen LogP contribution is -2.37. The number of hydrogen-bond acceptors (Lipinski definition) is 3. The first-order chi connectivity index (χ1) is 13.3. The number of para-hydroxylation sites is 1. The molecule has 0 saturated heterocycles. The van der Waals surface area contributed by atoms with Crippen molar-refractivity contribution in [3.8, 4) is 5.75 Å². The van der Waals surface area contributed by atoms with Gasteiger partial charge in [0.1, 0.15) is 11.4 Å². The lowest BCUT2D eigenvalue weighted by molar-refractivity contribution is 0.129. The van der Waals surface area contributed by atoms with Crippen LogP contribution in [-0.4, -0.2) is 28.4 Å². The molecule has 0 saturated carbocycles. The molecule has 0 fully saturated rings. The number of nitrogens with zero attached hydrogens (tertiary/aromatic N) is 3. The van der Waals surface area contributed by atoms with E-state index in [2.05, 4.69) is 61.4 Å². The second-order valence-corrected chi connectivity index (χ2v) is 7.80. The van der Waals surface area contributed by atoms with Crippen LogP contribution in [0.2, 0.25) is 0 Å². The van der Waals surface area contributed by atoms with Crippen molar-refractivity contribution in [2.75, 3.05) is 7.05 Å². The summed E-state index contributed by atoms with van der Waals surface area (Å²) in [4.78, 5) is 4.37. The van der Waals surface area contributed by atoms with Gasteiger partial charge in [0.2, 0.25) is 0 Å². The van der Waals surface area contributed by atoms with Gasteiger partial charge in [0, 0.05) is 44.0 Å². The SMILES string of the molecule is CCc1nn(C)c(CC)c1CNC(=NC)NCc1ccccc1OC(C)(C)C.I. The molecule has 0 spiro atoms. The van der Waals surface area contributed by atoms with Crippen LogP contribution in [0.15, 0.2) is 29.3 Å². The maximum absolute atomic E-state index is 6.08. The van der Waals surface area contributed by atoms with Crippen molar-refractivity contribution < 1.29 is 4.74 Å². The average Bonchev–Trinajstić information content (AvgIpc) is 2.96. The molecule has 162 valence electrons. The minimum absolute atomic E-state index is 0. The van der Waals surface area contributed by atoms with Crippen molar-refractivity contribution in [1.29, 1.82) is 0 Å². The summed E-state index contributed by atoms with van der Waals surface area (Å²) in [5.41, 5.74) is 4.55. The van der Waals surface area contributed by atoms with Crippen LogP contribution in [0.4, 0.5) is 0 Å². The summed E-state index contributed by atoms with van der Waals surface area (Å²) in [5, 5.41) is 11.5. The molecule has 2 N–H and O–H groups in total. The number of aryl methyl sites for hydroxylation is 2. The molecule has 1 aromatic carbocycles. The van der Waals surface area contributed by atoms with Crippen molar-refractivity contribution in [1.82, 2.24) is 20.4 Å². The summed E-state index contributed by atoms with van der Waals surface area (Å²) in [6.45, 7) is 11.8. The van der Waals surface area contributed by atoms with Gasteiger partial charge in [-0.05, 0) is 39.7 Å². The molecular weight excluding hydrogens is 477 g/mol. The highest BCUT2D eigenvalue weighted by atomic mass is 127. The Bertz CT molecular complexity index is 808. The van der Waals surface area contributed by atoms with Crippen molar-refractivity contribution in [3.63, 3.8) is 0 Å². The molecule has 1 heterocycles. The minimum Gasteiger partial charge on any atom is -0.488 e. The van der Waals surface area contributed by atoms with Gasteiger partial charge in [-0.1, -0.05) is 32.0 Å². The summed E-state index contributed by atoms with van der Waals surface area (Å²) >= 11 is 0. The number of nitrogens with one attached hydrogen (secondary N) is 2. The van der Waals surface area contributed by atoms with Crippen LogP contribution in [0.25, 0.3) is 0 Å². The molecule has 0 radical (unpaired) electrons. The molecule has 0 aliphatic heterocycles. The molecule has 1 aromatic heterocycles. The number of aliphatic imine (C=N–C) groups is 1. The molecule has 7 heteroatoms. The number of hydrogen-bond donors (Lipinski definition) is 2.